The molecule has 1 aromatic carbocycles. The molecule has 3 amide bonds. The van der Waals surface area contributed by atoms with Crippen LogP contribution in [-0.2, 0) is 25.6 Å². The minimum absolute atomic E-state index is 0.0305. The number of carbonyl (C=O) groups excluding carboxylic acids is 3. The molecule has 0 spiro atoms. The molecule has 0 aliphatic carbocycles. The first-order valence-corrected chi connectivity index (χ1v) is 15.3. The molecule has 0 saturated carbocycles. The van der Waals surface area contributed by atoms with Gasteiger partial charge in [-0.15, -0.1) is 0 Å². The largest absolute Gasteiger partial charge is 0.480 e. The van der Waals surface area contributed by atoms with E-state index in [0.717, 1.165) is 16.5 Å². The van der Waals surface area contributed by atoms with Gasteiger partial charge in [0.2, 0.25) is 17.7 Å². The lowest BCUT2D eigenvalue weighted by Crippen LogP contribution is -2.57. The summed E-state index contributed by atoms with van der Waals surface area (Å²) in [7, 11) is 0. The normalized spacial score (nSPS) is 14.0. The number of benzene rings is 1. The fourth-order valence-corrected chi connectivity index (χ4v) is 4.89. The summed E-state index contributed by atoms with van der Waals surface area (Å²) < 4.78 is 0. The number of nitrogens with one attached hydrogen (secondary N) is 4. The number of aromatic nitrogens is 1. The van der Waals surface area contributed by atoms with Crippen molar-refractivity contribution in [1.82, 2.24) is 20.9 Å². The number of guanidine groups is 1. The number of carboxylic acid groups (broad SMARTS) is 1. The van der Waals surface area contributed by atoms with E-state index in [1.165, 1.54) is 11.8 Å². The van der Waals surface area contributed by atoms with E-state index >= 15 is 0 Å². The van der Waals surface area contributed by atoms with Gasteiger partial charge in [-0.3, -0.25) is 19.4 Å². The highest BCUT2D eigenvalue weighted by molar-refractivity contribution is 7.98. The maximum Gasteiger partial charge on any atom is 0.326 e. The highest BCUT2D eigenvalue weighted by Crippen LogP contribution is 2.19. The third-order valence-electron chi connectivity index (χ3n) is 6.60. The van der Waals surface area contributed by atoms with E-state index in [-0.39, 0.29) is 37.7 Å². The number of amides is 3. The van der Waals surface area contributed by atoms with Crippen LogP contribution in [0, 0.1) is 5.92 Å². The van der Waals surface area contributed by atoms with E-state index in [0.29, 0.717) is 18.6 Å². The predicted molar refractivity (Wildman–Crippen MR) is 166 cm³/mol. The SMILES string of the molecule is CSCCC(NC(=O)C(CCCN=C(N)N)NC(=O)C(CC(C)C)NC(=O)C(N)Cc1c[nH]c2ccccc12)C(=O)O. The first kappa shape index (κ1) is 34.4. The van der Waals surface area contributed by atoms with Crippen LogP contribution in [-0.4, -0.2) is 82.5 Å². The topological polar surface area (TPSA) is 231 Å². The number of fused-ring (bicyclic) bond motifs is 1. The molecule has 1 aromatic heterocycles. The van der Waals surface area contributed by atoms with Crippen LogP contribution in [0.2, 0.25) is 0 Å². The molecule has 2 rings (SSSR count). The molecule has 0 aliphatic rings. The molecule has 4 atom stereocenters. The second-order valence-corrected chi connectivity index (χ2v) is 11.5. The fourth-order valence-electron chi connectivity index (χ4n) is 4.42. The van der Waals surface area contributed by atoms with Crippen molar-refractivity contribution < 1.29 is 24.3 Å². The van der Waals surface area contributed by atoms with Crippen molar-refractivity contribution in [2.75, 3.05) is 18.6 Å². The Bertz CT molecular complexity index is 1230. The number of carboxylic acids is 1. The quantitative estimate of drug-likeness (QED) is 0.0669. The summed E-state index contributed by atoms with van der Waals surface area (Å²) in [6.07, 6.45) is 4.91. The molecule has 14 heteroatoms. The van der Waals surface area contributed by atoms with Crippen molar-refractivity contribution in [2.45, 2.75) is 70.1 Å². The van der Waals surface area contributed by atoms with Crippen molar-refractivity contribution in [3.05, 3.63) is 36.0 Å². The minimum atomic E-state index is -1.17. The smallest absolute Gasteiger partial charge is 0.326 e. The number of para-hydroxylation sites is 1. The lowest BCUT2D eigenvalue weighted by atomic mass is 10.0. The van der Waals surface area contributed by atoms with Crippen molar-refractivity contribution >= 4 is 52.3 Å². The fraction of sp³-hybridized carbons (Fsp3) is 0.536. The highest BCUT2D eigenvalue weighted by atomic mass is 32.2. The zero-order valence-electron chi connectivity index (χ0n) is 24.4. The molecular weight excluding hydrogens is 560 g/mol. The monoisotopic (exact) mass is 604 g/mol. The number of nitrogens with two attached hydrogens (primary N) is 3. The first-order chi connectivity index (χ1) is 19.9. The summed E-state index contributed by atoms with van der Waals surface area (Å²) in [6, 6.07) is 3.60. The van der Waals surface area contributed by atoms with Gasteiger partial charge in [0.15, 0.2) is 5.96 Å². The number of hydrogen-bond donors (Lipinski definition) is 8. The van der Waals surface area contributed by atoms with Gasteiger partial charge in [0.1, 0.15) is 18.1 Å². The Morgan fingerprint density at radius 1 is 0.976 bits per heavy atom. The number of nitrogens with zero attached hydrogens (tertiary/aromatic N) is 1. The molecule has 11 N–H and O–H groups in total. The van der Waals surface area contributed by atoms with Gasteiger partial charge < -0.3 is 43.2 Å². The van der Waals surface area contributed by atoms with Gasteiger partial charge >= 0.3 is 5.97 Å². The van der Waals surface area contributed by atoms with Gasteiger partial charge in [0, 0.05) is 23.6 Å². The molecule has 0 fully saturated rings. The third kappa shape index (κ3) is 11.2. The summed E-state index contributed by atoms with van der Waals surface area (Å²) in [5.41, 5.74) is 18.8. The van der Waals surface area contributed by atoms with E-state index in [9.17, 15) is 24.3 Å². The number of aromatic amines is 1. The number of aliphatic carboxylic acids is 1. The lowest BCUT2D eigenvalue weighted by molar-refractivity contribution is -0.142. The Morgan fingerprint density at radius 3 is 2.26 bits per heavy atom. The second kappa shape index (κ2) is 17.2. The van der Waals surface area contributed by atoms with Crippen molar-refractivity contribution in [2.24, 2.45) is 28.1 Å². The molecule has 13 nitrogen and oxygen atoms in total. The van der Waals surface area contributed by atoms with Gasteiger partial charge in [-0.1, -0.05) is 32.0 Å². The molecule has 0 radical (unpaired) electrons. The van der Waals surface area contributed by atoms with E-state index in [1.54, 1.807) is 0 Å². The van der Waals surface area contributed by atoms with Crippen LogP contribution in [0.5, 0.6) is 0 Å². The van der Waals surface area contributed by atoms with E-state index in [4.69, 9.17) is 17.2 Å². The van der Waals surface area contributed by atoms with Gasteiger partial charge in [0.05, 0.1) is 6.04 Å². The van der Waals surface area contributed by atoms with Crippen LogP contribution >= 0.6 is 11.8 Å². The predicted octanol–water partition coefficient (Wildman–Crippen LogP) is 0.430. The standard InChI is InChI=1S/C28H44N8O5S/c1-16(2)13-23(36-24(37)19(29)14-17-15-33-20-8-5-4-7-18(17)20)26(39)34-21(9-6-11-32-28(30)31)25(38)35-22(27(40)41)10-12-42-3/h4-5,7-8,15-16,19,21-23,33H,6,9-14,29H2,1-3H3,(H,34,39)(H,35,38)(H,36,37)(H,40,41)(H4,30,31,32). The molecule has 1 heterocycles. The average molecular weight is 605 g/mol. The van der Waals surface area contributed by atoms with Gasteiger partial charge in [-0.2, -0.15) is 11.8 Å². The summed E-state index contributed by atoms with van der Waals surface area (Å²) >= 11 is 1.46. The first-order valence-electron chi connectivity index (χ1n) is 13.9. The van der Waals surface area contributed by atoms with Crippen LogP contribution in [0.3, 0.4) is 0 Å². The van der Waals surface area contributed by atoms with Gasteiger partial charge in [0.25, 0.3) is 0 Å². The lowest BCUT2D eigenvalue weighted by Gasteiger charge is -2.26. The highest BCUT2D eigenvalue weighted by Gasteiger charge is 2.30. The van der Waals surface area contributed by atoms with Crippen LogP contribution in [0.4, 0.5) is 0 Å². The van der Waals surface area contributed by atoms with Crippen molar-refractivity contribution in [3.63, 3.8) is 0 Å². The zero-order valence-corrected chi connectivity index (χ0v) is 25.2. The number of rotatable bonds is 18. The molecule has 42 heavy (non-hydrogen) atoms. The summed E-state index contributed by atoms with van der Waals surface area (Å²) in [6.45, 7) is 4.02. The molecule has 0 aliphatic heterocycles. The Labute approximate surface area is 250 Å². The molecule has 2 aromatic rings. The maximum absolute atomic E-state index is 13.4. The Balaban J connectivity index is 2.15. The zero-order chi connectivity index (χ0) is 31.2. The third-order valence-corrected chi connectivity index (χ3v) is 7.24. The maximum atomic E-state index is 13.4. The summed E-state index contributed by atoms with van der Waals surface area (Å²) in [4.78, 5) is 58.5. The van der Waals surface area contributed by atoms with Gasteiger partial charge in [-0.25, -0.2) is 4.79 Å². The average Bonchev–Trinajstić information content (AvgIpc) is 3.34. The van der Waals surface area contributed by atoms with Crippen LogP contribution < -0.4 is 33.2 Å². The van der Waals surface area contributed by atoms with Crippen molar-refractivity contribution in [1.29, 1.82) is 0 Å². The Hall–Kier alpha value is -3.78. The number of carbonyl (C=O) groups is 4. The Kier molecular flexibility index (Phi) is 14.1. The molecule has 4 unspecified atom stereocenters. The molecule has 0 bridgehead atoms. The Morgan fingerprint density at radius 2 is 1.62 bits per heavy atom. The molecular formula is C28H44N8O5S. The van der Waals surface area contributed by atoms with E-state index < -0.39 is 47.9 Å². The van der Waals surface area contributed by atoms with E-state index in [1.807, 2.05) is 50.6 Å². The van der Waals surface area contributed by atoms with Crippen molar-refractivity contribution in [3.8, 4) is 0 Å². The number of hydrogen-bond acceptors (Lipinski definition) is 7. The summed E-state index contributed by atoms with van der Waals surface area (Å²) in [5.74, 6) is -2.44. The van der Waals surface area contributed by atoms with Crippen LogP contribution in [0.1, 0.15) is 45.1 Å². The number of H-pyrrole nitrogens is 1. The molecule has 0 saturated heterocycles. The van der Waals surface area contributed by atoms with Gasteiger partial charge in [-0.05, 0) is 61.7 Å². The van der Waals surface area contributed by atoms with Crippen LogP contribution in [0.15, 0.2) is 35.5 Å². The number of thioether (sulfide) groups is 1. The second-order valence-electron chi connectivity index (χ2n) is 10.6. The number of aliphatic imine (C=N–C) groups is 1. The minimum Gasteiger partial charge on any atom is -0.480 e. The van der Waals surface area contributed by atoms with Crippen LogP contribution in [0.25, 0.3) is 10.9 Å². The van der Waals surface area contributed by atoms with E-state index in [2.05, 4.69) is 25.9 Å². The summed E-state index contributed by atoms with van der Waals surface area (Å²) in [5, 5.41) is 18.5. The molecule has 232 valence electrons.